The Morgan fingerprint density at radius 3 is 2.50 bits per heavy atom. The lowest BCUT2D eigenvalue weighted by atomic mass is 10.3. The van der Waals surface area contributed by atoms with Crippen molar-refractivity contribution in [3.63, 3.8) is 0 Å². The molecular weight excluding hydrogens is 170 g/mol. The highest BCUT2D eigenvalue weighted by Gasteiger charge is 1.88. The Labute approximate surface area is 79.8 Å². The maximum atomic E-state index is 5.74. The van der Waals surface area contributed by atoms with Gasteiger partial charge in [0.15, 0.2) is 0 Å². The second kappa shape index (κ2) is 6.99. The zero-order valence-electron chi connectivity index (χ0n) is 7.89. The second-order valence-electron chi connectivity index (χ2n) is 2.04. The number of nitrogens with one attached hydrogen (secondary N) is 1. The maximum absolute atomic E-state index is 5.74. The molecule has 1 aromatic carbocycles. The molecule has 1 nitrogen and oxygen atoms in total. The molecule has 0 saturated heterocycles. The topological polar surface area (TPSA) is 12.0 Å². The van der Waals surface area contributed by atoms with Crippen LogP contribution in [-0.2, 0) is 0 Å². The van der Waals surface area contributed by atoms with Gasteiger partial charge in [0, 0.05) is 17.3 Å². The van der Waals surface area contributed by atoms with E-state index in [1.54, 1.807) is 0 Å². The van der Waals surface area contributed by atoms with Crippen molar-refractivity contribution >= 4 is 17.3 Å². The predicted octanol–water partition coefficient (Wildman–Crippen LogP) is 3.80. The van der Waals surface area contributed by atoms with Crippen LogP contribution in [0.5, 0.6) is 0 Å². The molecule has 2 heteroatoms. The zero-order valence-corrected chi connectivity index (χ0v) is 8.65. The van der Waals surface area contributed by atoms with Crippen molar-refractivity contribution in [2.24, 2.45) is 0 Å². The molecule has 0 aliphatic carbocycles. The molecule has 0 aromatic heterocycles. The minimum absolute atomic E-state index is 0.776. The molecule has 1 aromatic rings. The lowest BCUT2D eigenvalue weighted by Crippen LogP contribution is -1.95. The highest BCUT2D eigenvalue weighted by Crippen LogP contribution is 2.13. The van der Waals surface area contributed by atoms with Crippen LogP contribution in [0, 0.1) is 0 Å². The van der Waals surface area contributed by atoms with Gasteiger partial charge in [0.2, 0.25) is 0 Å². The Hall–Kier alpha value is -0.690. The van der Waals surface area contributed by atoms with Crippen molar-refractivity contribution in [1.82, 2.24) is 0 Å². The van der Waals surface area contributed by atoms with E-state index in [1.807, 2.05) is 38.1 Å². The quantitative estimate of drug-likeness (QED) is 0.739. The van der Waals surface area contributed by atoms with Gasteiger partial charge in [0.25, 0.3) is 0 Å². The minimum atomic E-state index is 0.776. The second-order valence-corrected chi connectivity index (χ2v) is 2.48. The van der Waals surface area contributed by atoms with E-state index in [0.717, 1.165) is 17.3 Å². The Morgan fingerprint density at radius 2 is 2.00 bits per heavy atom. The summed E-state index contributed by atoms with van der Waals surface area (Å²) in [6, 6.07) is 7.70. The molecule has 0 aliphatic heterocycles. The van der Waals surface area contributed by atoms with Crippen molar-refractivity contribution in [2.45, 2.75) is 20.8 Å². The number of hydrogen-bond acceptors (Lipinski definition) is 1. The highest BCUT2D eigenvalue weighted by molar-refractivity contribution is 6.30. The number of hydrogen-bond donors (Lipinski definition) is 1. The molecule has 0 spiro atoms. The summed E-state index contributed by atoms with van der Waals surface area (Å²) >= 11 is 5.74. The molecule has 68 valence electrons. The summed E-state index contributed by atoms with van der Waals surface area (Å²) in [5, 5.41) is 3.94. The third-order valence-electron chi connectivity index (χ3n) is 1.21. The molecule has 0 atom stereocenters. The van der Waals surface area contributed by atoms with Gasteiger partial charge in [-0.15, -0.1) is 0 Å². The van der Waals surface area contributed by atoms with Crippen molar-refractivity contribution in [3.8, 4) is 0 Å². The molecule has 0 heterocycles. The normalized spacial score (nSPS) is 8.33. The molecule has 0 bridgehead atoms. The van der Waals surface area contributed by atoms with Gasteiger partial charge in [-0.05, 0) is 25.1 Å². The predicted molar refractivity (Wildman–Crippen MR) is 57.0 cm³/mol. The molecule has 0 fully saturated rings. The van der Waals surface area contributed by atoms with Crippen molar-refractivity contribution in [3.05, 3.63) is 29.3 Å². The minimum Gasteiger partial charge on any atom is -0.385 e. The molecule has 1 N–H and O–H groups in total. The number of benzene rings is 1. The van der Waals surface area contributed by atoms with Crippen molar-refractivity contribution in [2.75, 3.05) is 11.9 Å². The van der Waals surface area contributed by atoms with Gasteiger partial charge < -0.3 is 5.32 Å². The van der Waals surface area contributed by atoms with E-state index in [0.29, 0.717) is 0 Å². The highest BCUT2D eigenvalue weighted by atomic mass is 35.5. The fraction of sp³-hybridized carbons (Fsp3) is 0.400. The molecular formula is C10H16ClN. The third kappa shape index (κ3) is 4.24. The van der Waals surface area contributed by atoms with Gasteiger partial charge in [-0.25, -0.2) is 0 Å². The maximum Gasteiger partial charge on any atom is 0.0426 e. The van der Waals surface area contributed by atoms with E-state index in [2.05, 4.69) is 12.2 Å². The van der Waals surface area contributed by atoms with E-state index in [4.69, 9.17) is 11.6 Å². The first-order valence-electron chi connectivity index (χ1n) is 4.32. The first kappa shape index (κ1) is 11.3. The lowest BCUT2D eigenvalue weighted by molar-refractivity contribution is 1.21. The van der Waals surface area contributed by atoms with Gasteiger partial charge in [0.05, 0.1) is 0 Å². The lowest BCUT2D eigenvalue weighted by Gasteiger charge is -2.01. The number of anilines is 1. The van der Waals surface area contributed by atoms with Crippen molar-refractivity contribution < 1.29 is 0 Å². The molecule has 0 radical (unpaired) electrons. The summed E-state index contributed by atoms with van der Waals surface area (Å²) < 4.78 is 0. The first-order chi connectivity index (χ1) is 5.83. The van der Waals surface area contributed by atoms with Crippen LogP contribution in [0.15, 0.2) is 24.3 Å². The van der Waals surface area contributed by atoms with Crippen LogP contribution in [0.4, 0.5) is 5.69 Å². The smallest absolute Gasteiger partial charge is 0.0426 e. The standard InChI is InChI=1S/C8H10ClN.C2H6/c1-2-10-8-5-3-4-7(9)6-8;1-2/h3-6,10H,2H2,1H3;1-2H3. The van der Waals surface area contributed by atoms with Crippen LogP contribution in [0.3, 0.4) is 0 Å². The summed E-state index contributed by atoms with van der Waals surface area (Å²) in [7, 11) is 0. The third-order valence-corrected chi connectivity index (χ3v) is 1.44. The van der Waals surface area contributed by atoms with Crippen LogP contribution >= 0.6 is 11.6 Å². The molecule has 0 saturated carbocycles. The van der Waals surface area contributed by atoms with Crippen molar-refractivity contribution in [1.29, 1.82) is 0 Å². The summed E-state index contributed by atoms with van der Waals surface area (Å²) in [6.07, 6.45) is 0. The van der Waals surface area contributed by atoms with Crippen LogP contribution in [0.25, 0.3) is 0 Å². The van der Waals surface area contributed by atoms with Gasteiger partial charge in [-0.1, -0.05) is 31.5 Å². The Kier molecular flexibility index (Phi) is 6.58. The molecule has 1 rings (SSSR count). The summed E-state index contributed by atoms with van der Waals surface area (Å²) in [4.78, 5) is 0. The largest absolute Gasteiger partial charge is 0.385 e. The van der Waals surface area contributed by atoms with Crippen LogP contribution < -0.4 is 5.32 Å². The Bertz CT molecular complexity index is 211. The average Bonchev–Trinajstić information content (AvgIpc) is 2.09. The van der Waals surface area contributed by atoms with Crippen LogP contribution in [0.2, 0.25) is 5.02 Å². The van der Waals surface area contributed by atoms with E-state index in [1.165, 1.54) is 0 Å². The molecule has 0 unspecified atom stereocenters. The average molecular weight is 186 g/mol. The SMILES string of the molecule is CC.CCNc1cccc(Cl)c1. The van der Waals surface area contributed by atoms with Gasteiger partial charge in [-0.2, -0.15) is 0 Å². The number of halogens is 1. The van der Waals surface area contributed by atoms with E-state index in [9.17, 15) is 0 Å². The molecule has 0 amide bonds. The first-order valence-corrected chi connectivity index (χ1v) is 4.70. The fourth-order valence-corrected chi connectivity index (χ4v) is 0.993. The summed E-state index contributed by atoms with van der Waals surface area (Å²) in [5.74, 6) is 0. The van der Waals surface area contributed by atoms with E-state index >= 15 is 0 Å². The van der Waals surface area contributed by atoms with Crippen LogP contribution in [0.1, 0.15) is 20.8 Å². The monoisotopic (exact) mass is 185 g/mol. The molecule has 0 aliphatic rings. The van der Waals surface area contributed by atoms with Gasteiger partial charge in [0.1, 0.15) is 0 Å². The zero-order chi connectivity index (χ0) is 9.40. The Morgan fingerprint density at radius 1 is 1.33 bits per heavy atom. The van der Waals surface area contributed by atoms with E-state index < -0.39 is 0 Å². The Balaban J connectivity index is 0.000000561. The van der Waals surface area contributed by atoms with Crippen LogP contribution in [-0.4, -0.2) is 6.54 Å². The summed E-state index contributed by atoms with van der Waals surface area (Å²) in [6.45, 7) is 6.99. The van der Waals surface area contributed by atoms with E-state index in [-0.39, 0.29) is 0 Å². The fourth-order valence-electron chi connectivity index (χ4n) is 0.803. The van der Waals surface area contributed by atoms with Gasteiger partial charge in [-0.3, -0.25) is 0 Å². The van der Waals surface area contributed by atoms with Gasteiger partial charge >= 0.3 is 0 Å². The number of rotatable bonds is 2. The molecule has 12 heavy (non-hydrogen) atoms. The summed E-state index contributed by atoms with van der Waals surface area (Å²) in [5.41, 5.74) is 1.08.